The van der Waals surface area contributed by atoms with Crippen LogP contribution in [0.5, 0.6) is 0 Å². The third kappa shape index (κ3) is 5.95. The maximum Gasteiger partial charge on any atom is 0.328 e. The molecule has 0 aliphatic rings. The number of carbonyl (C=O) groups is 2. The maximum absolute atomic E-state index is 11.8. The summed E-state index contributed by atoms with van der Waals surface area (Å²) in [5.74, 6) is -0.502. The van der Waals surface area contributed by atoms with E-state index in [1.807, 2.05) is 6.07 Å². The van der Waals surface area contributed by atoms with Crippen molar-refractivity contribution in [3.05, 3.63) is 29.8 Å². The average molecular weight is 289 g/mol. The highest BCUT2D eigenvalue weighted by Gasteiger charge is 2.22. The van der Waals surface area contributed by atoms with Crippen molar-refractivity contribution in [2.24, 2.45) is 0 Å². The molecule has 1 aromatic carbocycles. The van der Waals surface area contributed by atoms with Gasteiger partial charge in [0.05, 0.1) is 11.6 Å². The van der Waals surface area contributed by atoms with E-state index >= 15 is 0 Å². The first kappa shape index (κ1) is 16.5. The molecule has 0 unspecified atom stereocenters. The molecule has 0 aliphatic heterocycles. The van der Waals surface area contributed by atoms with Gasteiger partial charge in [-0.2, -0.15) is 5.26 Å². The second-order valence-electron chi connectivity index (χ2n) is 5.54. The molecule has 0 bridgehead atoms. The zero-order valence-corrected chi connectivity index (χ0v) is 12.6. The maximum atomic E-state index is 11.8. The fraction of sp³-hybridized carbons (Fsp3) is 0.400. The number of hydrogen-bond donors (Lipinski definition) is 2. The first-order valence-electron chi connectivity index (χ1n) is 6.52. The van der Waals surface area contributed by atoms with Gasteiger partial charge in [-0.05, 0) is 52.0 Å². The van der Waals surface area contributed by atoms with Crippen molar-refractivity contribution >= 4 is 17.7 Å². The molecule has 0 fully saturated rings. The fourth-order valence-corrected chi connectivity index (χ4v) is 1.44. The monoisotopic (exact) mass is 289 g/mol. The van der Waals surface area contributed by atoms with Gasteiger partial charge in [0.2, 0.25) is 0 Å². The van der Waals surface area contributed by atoms with Gasteiger partial charge in [-0.25, -0.2) is 9.59 Å². The molecule has 1 atom stereocenters. The van der Waals surface area contributed by atoms with Crippen molar-refractivity contribution in [2.75, 3.05) is 5.32 Å². The number of urea groups is 1. The van der Waals surface area contributed by atoms with Crippen molar-refractivity contribution in [3.8, 4) is 6.07 Å². The number of amides is 2. The summed E-state index contributed by atoms with van der Waals surface area (Å²) in [5, 5.41) is 13.7. The minimum atomic E-state index is -0.761. The lowest BCUT2D eigenvalue weighted by molar-refractivity contribution is -0.156. The van der Waals surface area contributed by atoms with Crippen molar-refractivity contribution < 1.29 is 14.3 Å². The molecule has 112 valence electrons. The molecule has 0 aromatic heterocycles. The standard InChI is InChI=1S/C15H19N3O3/c1-10(13(19)21-15(2,3)4)17-14(20)18-12-7-5-11(9-16)6-8-12/h5-8,10H,1-4H3,(H2,17,18,20)/t10-/m1/s1. The van der Waals surface area contributed by atoms with Crippen LogP contribution in [0.1, 0.15) is 33.3 Å². The summed E-state index contributed by atoms with van der Waals surface area (Å²) < 4.78 is 5.16. The van der Waals surface area contributed by atoms with E-state index in [2.05, 4.69) is 10.6 Å². The van der Waals surface area contributed by atoms with E-state index in [9.17, 15) is 9.59 Å². The second-order valence-corrected chi connectivity index (χ2v) is 5.54. The summed E-state index contributed by atoms with van der Waals surface area (Å²) in [7, 11) is 0. The molecule has 2 amide bonds. The zero-order valence-electron chi connectivity index (χ0n) is 12.6. The van der Waals surface area contributed by atoms with Crippen LogP contribution in [0.4, 0.5) is 10.5 Å². The summed E-state index contributed by atoms with van der Waals surface area (Å²) in [6.45, 7) is 6.82. The SMILES string of the molecule is C[C@@H](NC(=O)Nc1ccc(C#N)cc1)C(=O)OC(C)(C)C. The van der Waals surface area contributed by atoms with Crippen LogP contribution in [-0.2, 0) is 9.53 Å². The molecule has 6 heteroatoms. The van der Waals surface area contributed by atoms with Gasteiger partial charge in [0.15, 0.2) is 0 Å². The average Bonchev–Trinajstić information content (AvgIpc) is 2.37. The minimum Gasteiger partial charge on any atom is -0.458 e. The Balaban J connectivity index is 2.53. The number of carbonyl (C=O) groups excluding carboxylic acids is 2. The van der Waals surface area contributed by atoms with Crippen molar-refractivity contribution in [1.29, 1.82) is 5.26 Å². The Kier molecular flexibility index (Phi) is 5.30. The van der Waals surface area contributed by atoms with Gasteiger partial charge in [-0.1, -0.05) is 0 Å². The molecular formula is C15H19N3O3. The molecule has 2 N–H and O–H groups in total. The normalized spacial score (nSPS) is 12.0. The number of nitrogens with one attached hydrogen (secondary N) is 2. The third-order valence-corrected chi connectivity index (χ3v) is 2.38. The number of ether oxygens (including phenoxy) is 1. The number of hydrogen-bond acceptors (Lipinski definition) is 4. The topological polar surface area (TPSA) is 91.2 Å². The van der Waals surface area contributed by atoms with E-state index in [0.717, 1.165) is 0 Å². The van der Waals surface area contributed by atoms with Gasteiger partial charge in [-0.3, -0.25) is 0 Å². The molecule has 6 nitrogen and oxygen atoms in total. The zero-order chi connectivity index (χ0) is 16.0. The van der Waals surface area contributed by atoms with Gasteiger partial charge in [0.25, 0.3) is 0 Å². The first-order valence-corrected chi connectivity index (χ1v) is 6.52. The van der Waals surface area contributed by atoms with Crippen LogP contribution < -0.4 is 10.6 Å². The molecule has 0 heterocycles. The highest BCUT2D eigenvalue weighted by molar-refractivity contribution is 5.92. The summed E-state index contributed by atoms with van der Waals surface area (Å²) in [5.41, 5.74) is 0.433. The van der Waals surface area contributed by atoms with Gasteiger partial charge >= 0.3 is 12.0 Å². The first-order chi connectivity index (χ1) is 9.71. The highest BCUT2D eigenvalue weighted by Crippen LogP contribution is 2.10. The van der Waals surface area contributed by atoms with E-state index in [1.54, 1.807) is 52.0 Å². The number of rotatable bonds is 3. The van der Waals surface area contributed by atoms with Crippen molar-refractivity contribution in [2.45, 2.75) is 39.3 Å². The lowest BCUT2D eigenvalue weighted by Gasteiger charge is -2.22. The molecule has 1 rings (SSSR count). The van der Waals surface area contributed by atoms with E-state index in [4.69, 9.17) is 10.00 Å². The molecule has 0 radical (unpaired) electrons. The molecule has 0 spiro atoms. The summed E-state index contributed by atoms with van der Waals surface area (Å²) in [6, 6.07) is 7.10. The van der Waals surface area contributed by atoms with Gasteiger partial charge in [0, 0.05) is 5.69 Å². The molecule has 0 saturated carbocycles. The lowest BCUT2D eigenvalue weighted by atomic mass is 10.2. The predicted octanol–water partition coefficient (Wildman–Crippen LogP) is 2.41. The Hall–Kier alpha value is -2.55. The van der Waals surface area contributed by atoms with Gasteiger partial charge in [0.1, 0.15) is 11.6 Å². The molecule has 0 saturated heterocycles. The Morgan fingerprint density at radius 1 is 1.24 bits per heavy atom. The largest absolute Gasteiger partial charge is 0.458 e. The second kappa shape index (κ2) is 6.75. The molecule has 21 heavy (non-hydrogen) atoms. The summed E-state index contributed by atoms with van der Waals surface area (Å²) >= 11 is 0. The van der Waals surface area contributed by atoms with Crippen LogP contribution in [0.3, 0.4) is 0 Å². The van der Waals surface area contributed by atoms with Crippen LogP contribution in [0.2, 0.25) is 0 Å². The summed E-state index contributed by atoms with van der Waals surface area (Å²) in [4.78, 5) is 23.5. The number of anilines is 1. The molecular weight excluding hydrogens is 270 g/mol. The quantitative estimate of drug-likeness (QED) is 0.836. The molecule has 0 aliphatic carbocycles. The molecule has 1 aromatic rings. The van der Waals surface area contributed by atoms with Crippen LogP contribution in [-0.4, -0.2) is 23.6 Å². The number of benzene rings is 1. The van der Waals surface area contributed by atoms with Crippen LogP contribution in [0.15, 0.2) is 24.3 Å². The van der Waals surface area contributed by atoms with Crippen molar-refractivity contribution in [1.82, 2.24) is 5.32 Å². The Labute approximate surface area is 124 Å². The Bertz CT molecular complexity index is 553. The fourth-order valence-electron chi connectivity index (χ4n) is 1.44. The van der Waals surface area contributed by atoms with E-state index < -0.39 is 23.6 Å². The minimum absolute atomic E-state index is 0.502. The van der Waals surface area contributed by atoms with Crippen LogP contribution >= 0.6 is 0 Å². The van der Waals surface area contributed by atoms with Gasteiger partial charge in [-0.15, -0.1) is 0 Å². The van der Waals surface area contributed by atoms with Crippen molar-refractivity contribution in [3.63, 3.8) is 0 Å². The van der Waals surface area contributed by atoms with Crippen LogP contribution in [0.25, 0.3) is 0 Å². The predicted molar refractivity (Wildman–Crippen MR) is 78.6 cm³/mol. The highest BCUT2D eigenvalue weighted by atomic mass is 16.6. The number of esters is 1. The van der Waals surface area contributed by atoms with E-state index in [0.29, 0.717) is 11.3 Å². The van der Waals surface area contributed by atoms with E-state index in [-0.39, 0.29) is 0 Å². The summed E-state index contributed by atoms with van der Waals surface area (Å²) in [6.07, 6.45) is 0. The number of nitrogens with zero attached hydrogens (tertiary/aromatic N) is 1. The smallest absolute Gasteiger partial charge is 0.328 e. The van der Waals surface area contributed by atoms with E-state index in [1.165, 1.54) is 0 Å². The third-order valence-electron chi connectivity index (χ3n) is 2.38. The Morgan fingerprint density at radius 3 is 2.29 bits per heavy atom. The lowest BCUT2D eigenvalue weighted by Crippen LogP contribution is -2.43. The van der Waals surface area contributed by atoms with Crippen LogP contribution in [0, 0.1) is 11.3 Å². The number of nitriles is 1. The Morgan fingerprint density at radius 2 is 1.81 bits per heavy atom. The van der Waals surface area contributed by atoms with Gasteiger partial charge < -0.3 is 15.4 Å².